The van der Waals surface area contributed by atoms with Crippen LogP contribution in [0.2, 0.25) is 0 Å². The minimum atomic E-state index is -0.0637. The number of hydrogen-bond acceptors (Lipinski definition) is 6. The van der Waals surface area contributed by atoms with Crippen molar-refractivity contribution in [1.29, 1.82) is 5.26 Å². The number of fused-ring (bicyclic) bond motifs is 2. The maximum Gasteiger partial charge on any atom is 0.251 e. The van der Waals surface area contributed by atoms with Gasteiger partial charge in [0, 0.05) is 31.7 Å². The summed E-state index contributed by atoms with van der Waals surface area (Å²) < 4.78 is 1.04. The van der Waals surface area contributed by atoms with Crippen LogP contribution in [0.25, 0.3) is 10.2 Å². The van der Waals surface area contributed by atoms with Gasteiger partial charge < -0.3 is 15.5 Å². The number of hydrogen-bond donors (Lipinski definition) is 2. The zero-order valence-corrected chi connectivity index (χ0v) is 16.8. The summed E-state index contributed by atoms with van der Waals surface area (Å²) in [5.41, 5.74) is 4.56. The zero-order chi connectivity index (χ0) is 19.8. The van der Waals surface area contributed by atoms with E-state index < -0.39 is 0 Å². The Hall–Kier alpha value is -2.95. The topological polar surface area (TPSA) is 81.0 Å². The van der Waals surface area contributed by atoms with Gasteiger partial charge in [-0.2, -0.15) is 5.26 Å². The van der Waals surface area contributed by atoms with Crippen molar-refractivity contribution in [2.75, 3.05) is 31.1 Å². The molecule has 2 aromatic carbocycles. The highest BCUT2D eigenvalue weighted by Gasteiger charge is 2.25. The number of thiazole rings is 1. The lowest BCUT2D eigenvalue weighted by Crippen LogP contribution is -2.43. The van der Waals surface area contributed by atoms with E-state index in [0.29, 0.717) is 11.1 Å². The molecule has 3 aromatic rings. The first-order valence-electron chi connectivity index (χ1n) is 9.91. The highest BCUT2D eigenvalue weighted by molar-refractivity contribution is 7.22. The number of nitrogens with zero attached hydrogens (tertiary/aromatic N) is 3. The lowest BCUT2D eigenvalue weighted by molar-refractivity contribution is 0.0937. The van der Waals surface area contributed by atoms with E-state index in [1.165, 1.54) is 0 Å². The van der Waals surface area contributed by atoms with E-state index >= 15 is 0 Å². The SMILES string of the molecule is N#Cc1ccc2c(c1)CC[C@H]2NC(=O)c1ccc2nc(N3CCNCC3)sc2c1. The molecule has 0 radical (unpaired) electrons. The second-order valence-electron chi connectivity index (χ2n) is 7.51. The Morgan fingerprint density at radius 3 is 2.93 bits per heavy atom. The minimum Gasteiger partial charge on any atom is -0.346 e. The molecule has 2 N–H and O–H groups in total. The molecule has 7 heteroatoms. The number of nitrogens with one attached hydrogen (secondary N) is 2. The number of aromatic nitrogens is 1. The molecular formula is C22H21N5OS. The van der Waals surface area contributed by atoms with Crippen molar-refractivity contribution in [3.63, 3.8) is 0 Å². The van der Waals surface area contributed by atoms with Gasteiger partial charge in [0.2, 0.25) is 0 Å². The number of carbonyl (C=O) groups is 1. The summed E-state index contributed by atoms with van der Waals surface area (Å²) in [6.07, 6.45) is 1.75. The van der Waals surface area contributed by atoms with Crippen LogP contribution in [0.5, 0.6) is 0 Å². The molecule has 2 heterocycles. The molecule has 1 fully saturated rings. The fraction of sp³-hybridized carbons (Fsp3) is 0.318. The summed E-state index contributed by atoms with van der Waals surface area (Å²) in [7, 11) is 0. The fourth-order valence-electron chi connectivity index (χ4n) is 4.12. The molecule has 146 valence electrons. The highest BCUT2D eigenvalue weighted by atomic mass is 32.1. The van der Waals surface area contributed by atoms with Crippen molar-refractivity contribution in [2.24, 2.45) is 0 Å². The highest BCUT2D eigenvalue weighted by Crippen LogP contribution is 2.33. The number of piperazine rings is 1. The number of amides is 1. The number of benzene rings is 2. The van der Waals surface area contributed by atoms with Gasteiger partial charge in [0.1, 0.15) is 0 Å². The Morgan fingerprint density at radius 2 is 2.10 bits per heavy atom. The van der Waals surface area contributed by atoms with Crippen LogP contribution in [0.4, 0.5) is 5.13 Å². The van der Waals surface area contributed by atoms with Gasteiger partial charge in [0.15, 0.2) is 5.13 Å². The van der Waals surface area contributed by atoms with E-state index in [2.05, 4.69) is 21.6 Å². The number of nitriles is 1. The van der Waals surface area contributed by atoms with E-state index in [-0.39, 0.29) is 11.9 Å². The molecule has 0 spiro atoms. The van der Waals surface area contributed by atoms with Gasteiger partial charge in [-0.15, -0.1) is 0 Å². The van der Waals surface area contributed by atoms with Crippen LogP contribution in [0, 0.1) is 11.3 Å². The van der Waals surface area contributed by atoms with Gasteiger partial charge in [0.05, 0.1) is 27.9 Å². The zero-order valence-electron chi connectivity index (χ0n) is 15.9. The molecule has 1 amide bonds. The quantitative estimate of drug-likeness (QED) is 0.703. The number of carbonyl (C=O) groups excluding carboxylic acids is 1. The molecule has 0 bridgehead atoms. The second kappa shape index (κ2) is 7.47. The number of anilines is 1. The van der Waals surface area contributed by atoms with Gasteiger partial charge in [-0.3, -0.25) is 4.79 Å². The van der Waals surface area contributed by atoms with Gasteiger partial charge >= 0.3 is 0 Å². The van der Waals surface area contributed by atoms with Gasteiger partial charge in [-0.1, -0.05) is 17.4 Å². The average Bonchev–Trinajstić information content (AvgIpc) is 3.37. The van der Waals surface area contributed by atoms with Crippen molar-refractivity contribution in [3.8, 4) is 6.07 Å². The third-order valence-corrected chi connectivity index (χ3v) is 6.76. The summed E-state index contributed by atoms with van der Waals surface area (Å²) in [6, 6.07) is 13.6. The molecule has 1 aliphatic carbocycles. The van der Waals surface area contributed by atoms with E-state index in [1.807, 2.05) is 36.4 Å². The Labute approximate surface area is 173 Å². The first-order chi connectivity index (χ1) is 14.2. The van der Waals surface area contributed by atoms with E-state index in [0.717, 1.165) is 65.5 Å². The third kappa shape index (κ3) is 3.46. The molecule has 1 saturated heterocycles. The molecule has 1 aromatic heterocycles. The smallest absolute Gasteiger partial charge is 0.251 e. The Balaban J connectivity index is 1.35. The first kappa shape index (κ1) is 18.1. The lowest BCUT2D eigenvalue weighted by Gasteiger charge is -2.26. The largest absolute Gasteiger partial charge is 0.346 e. The molecule has 2 aliphatic rings. The summed E-state index contributed by atoms with van der Waals surface area (Å²) in [5.74, 6) is -0.0637. The monoisotopic (exact) mass is 403 g/mol. The van der Waals surface area contributed by atoms with Crippen molar-refractivity contribution < 1.29 is 4.79 Å². The van der Waals surface area contributed by atoms with Crippen molar-refractivity contribution in [3.05, 3.63) is 58.7 Å². The van der Waals surface area contributed by atoms with E-state index in [1.54, 1.807) is 11.3 Å². The maximum atomic E-state index is 12.9. The van der Waals surface area contributed by atoms with Gasteiger partial charge in [-0.25, -0.2) is 4.98 Å². The molecule has 0 saturated carbocycles. The van der Waals surface area contributed by atoms with Crippen molar-refractivity contribution in [2.45, 2.75) is 18.9 Å². The summed E-state index contributed by atoms with van der Waals surface area (Å²) in [4.78, 5) is 19.9. The van der Waals surface area contributed by atoms with Crippen molar-refractivity contribution >= 4 is 32.6 Å². The summed E-state index contributed by atoms with van der Waals surface area (Å²) >= 11 is 1.65. The molecular weight excluding hydrogens is 382 g/mol. The predicted molar refractivity (Wildman–Crippen MR) is 114 cm³/mol. The molecule has 6 nitrogen and oxygen atoms in total. The maximum absolute atomic E-state index is 12.9. The molecule has 0 unspecified atom stereocenters. The van der Waals surface area contributed by atoms with Crippen LogP contribution in [0.3, 0.4) is 0 Å². The van der Waals surface area contributed by atoms with E-state index in [9.17, 15) is 4.79 Å². The van der Waals surface area contributed by atoms with Crippen LogP contribution in [0.1, 0.15) is 39.5 Å². The fourth-order valence-corrected chi connectivity index (χ4v) is 5.18. The van der Waals surface area contributed by atoms with Gasteiger partial charge in [-0.05, 0) is 54.3 Å². The number of rotatable bonds is 3. The summed E-state index contributed by atoms with van der Waals surface area (Å²) in [6.45, 7) is 3.87. The molecule has 1 aliphatic heterocycles. The van der Waals surface area contributed by atoms with Crippen molar-refractivity contribution in [1.82, 2.24) is 15.6 Å². The average molecular weight is 404 g/mol. The third-order valence-electron chi connectivity index (χ3n) is 5.68. The van der Waals surface area contributed by atoms with Crippen LogP contribution in [-0.4, -0.2) is 37.1 Å². The molecule has 29 heavy (non-hydrogen) atoms. The van der Waals surface area contributed by atoms with E-state index in [4.69, 9.17) is 10.2 Å². The molecule has 1 atom stereocenters. The lowest BCUT2D eigenvalue weighted by atomic mass is 10.0. The Kier molecular flexibility index (Phi) is 4.66. The predicted octanol–water partition coefficient (Wildman–Crippen LogP) is 2.99. The number of aryl methyl sites for hydroxylation is 1. The van der Waals surface area contributed by atoms with Gasteiger partial charge in [0.25, 0.3) is 5.91 Å². The van der Waals surface area contributed by atoms with Crippen LogP contribution in [0.15, 0.2) is 36.4 Å². The Morgan fingerprint density at radius 1 is 1.24 bits per heavy atom. The van der Waals surface area contributed by atoms with Crippen LogP contribution < -0.4 is 15.5 Å². The summed E-state index contributed by atoms with van der Waals surface area (Å²) in [5, 5.41) is 16.6. The normalized spacial score (nSPS) is 18.4. The standard InChI is InChI=1S/C22H21N5OS/c23-13-14-1-4-17-15(11-14)2-5-18(17)25-21(28)16-3-6-19-20(12-16)29-22(26-19)27-9-7-24-8-10-27/h1,3-4,6,11-12,18,24H,2,5,7-10H2,(H,25,28)/t18-/m1/s1. The minimum absolute atomic E-state index is 0.00110. The Bertz CT molecular complexity index is 1130. The molecule has 5 rings (SSSR count). The first-order valence-corrected chi connectivity index (χ1v) is 10.7. The second-order valence-corrected chi connectivity index (χ2v) is 8.52. The van der Waals surface area contributed by atoms with Crippen LogP contribution >= 0.6 is 11.3 Å². The van der Waals surface area contributed by atoms with Crippen LogP contribution in [-0.2, 0) is 6.42 Å².